The van der Waals surface area contributed by atoms with Gasteiger partial charge in [-0.25, -0.2) is 0 Å². The summed E-state index contributed by atoms with van der Waals surface area (Å²) in [5, 5.41) is 20.1. The van der Waals surface area contributed by atoms with Crippen LogP contribution in [0.5, 0.6) is 0 Å². The lowest BCUT2D eigenvalue weighted by molar-refractivity contribution is -0.0205. The Bertz CT molecular complexity index is 580. The second kappa shape index (κ2) is 9.11. The number of aliphatic hydroxyl groups is 2. The van der Waals surface area contributed by atoms with Gasteiger partial charge in [0.15, 0.2) is 0 Å². The van der Waals surface area contributed by atoms with Crippen molar-refractivity contribution in [1.82, 2.24) is 4.90 Å². The molecule has 0 radical (unpaired) electrons. The van der Waals surface area contributed by atoms with Gasteiger partial charge in [-0.05, 0) is 30.5 Å². The summed E-state index contributed by atoms with van der Waals surface area (Å²) in [6.45, 7) is 2.36. The van der Waals surface area contributed by atoms with Gasteiger partial charge in [-0.3, -0.25) is 4.90 Å². The van der Waals surface area contributed by atoms with Crippen LogP contribution in [0.4, 0.5) is 0 Å². The second-order valence-corrected chi connectivity index (χ2v) is 6.74. The molecular weight excluding hydrogens is 314 g/mol. The van der Waals surface area contributed by atoms with Crippen LogP contribution in [-0.2, 0) is 4.74 Å². The summed E-state index contributed by atoms with van der Waals surface area (Å²) in [4.78, 5) is 2.11. The molecule has 2 unspecified atom stereocenters. The van der Waals surface area contributed by atoms with E-state index in [-0.39, 0.29) is 18.8 Å². The second-order valence-electron chi connectivity index (χ2n) is 6.74. The molecule has 0 saturated carbocycles. The minimum absolute atomic E-state index is 0.191. The molecule has 3 rings (SSSR count). The summed E-state index contributed by atoms with van der Waals surface area (Å²) in [6.07, 6.45) is 0.797. The highest BCUT2D eigenvalue weighted by Gasteiger charge is 2.21. The molecule has 1 aliphatic rings. The van der Waals surface area contributed by atoms with Gasteiger partial charge in [0.25, 0.3) is 0 Å². The van der Waals surface area contributed by atoms with Crippen molar-refractivity contribution in [1.29, 1.82) is 0 Å². The van der Waals surface area contributed by atoms with Crippen LogP contribution in [0.3, 0.4) is 0 Å². The van der Waals surface area contributed by atoms with E-state index in [1.807, 2.05) is 60.7 Å². The van der Waals surface area contributed by atoms with Gasteiger partial charge < -0.3 is 14.9 Å². The number of hydrogen-bond donors (Lipinski definition) is 2. The first-order valence-corrected chi connectivity index (χ1v) is 9.02. The number of hydrogen-bond acceptors (Lipinski definition) is 4. The van der Waals surface area contributed by atoms with Crippen LogP contribution in [0.25, 0.3) is 0 Å². The third-order valence-electron chi connectivity index (χ3n) is 4.61. The van der Waals surface area contributed by atoms with E-state index >= 15 is 0 Å². The van der Waals surface area contributed by atoms with Crippen LogP contribution in [0.2, 0.25) is 0 Å². The molecule has 2 atom stereocenters. The summed E-state index contributed by atoms with van der Waals surface area (Å²) in [5.74, 6) is 0. The SMILES string of the molecule is OC1CCCN(CC(O)COC(c2ccccc2)c2ccccc2)C1. The van der Waals surface area contributed by atoms with Gasteiger partial charge in [0, 0.05) is 13.1 Å². The van der Waals surface area contributed by atoms with Gasteiger partial charge in [0.05, 0.1) is 18.8 Å². The van der Waals surface area contributed by atoms with Crippen LogP contribution in [-0.4, -0.2) is 53.6 Å². The number of nitrogens with zero attached hydrogens (tertiary/aromatic N) is 1. The van der Waals surface area contributed by atoms with Crippen molar-refractivity contribution in [2.24, 2.45) is 0 Å². The maximum absolute atomic E-state index is 10.4. The summed E-state index contributed by atoms with van der Waals surface area (Å²) in [7, 11) is 0. The number of benzene rings is 2. The van der Waals surface area contributed by atoms with Crippen LogP contribution < -0.4 is 0 Å². The lowest BCUT2D eigenvalue weighted by atomic mass is 10.0. The molecule has 0 amide bonds. The Morgan fingerprint density at radius 3 is 2.16 bits per heavy atom. The molecule has 1 heterocycles. The lowest BCUT2D eigenvalue weighted by Crippen LogP contribution is -2.43. The average molecular weight is 341 g/mol. The van der Waals surface area contributed by atoms with Crippen LogP contribution in [0.1, 0.15) is 30.1 Å². The molecule has 25 heavy (non-hydrogen) atoms. The molecule has 0 spiro atoms. The van der Waals surface area contributed by atoms with Gasteiger partial charge >= 0.3 is 0 Å². The number of aliphatic hydroxyl groups excluding tert-OH is 2. The van der Waals surface area contributed by atoms with Crippen LogP contribution in [0, 0.1) is 0 Å². The third kappa shape index (κ3) is 5.38. The topological polar surface area (TPSA) is 52.9 Å². The van der Waals surface area contributed by atoms with E-state index in [0.29, 0.717) is 13.1 Å². The van der Waals surface area contributed by atoms with Crippen molar-refractivity contribution < 1.29 is 14.9 Å². The van der Waals surface area contributed by atoms with E-state index in [2.05, 4.69) is 4.90 Å². The van der Waals surface area contributed by atoms with Crippen molar-refractivity contribution in [2.75, 3.05) is 26.2 Å². The van der Waals surface area contributed by atoms with Crippen molar-refractivity contribution in [3.63, 3.8) is 0 Å². The van der Waals surface area contributed by atoms with Gasteiger partial charge in [-0.2, -0.15) is 0 Å². The predicted octanol–water partition coefficient (Wildman–Crippen LogP) is 2.61. The van der Waals surface area contributed by atoms with Gasteiger partial charge in [-0.1, -0.05) is 60.7 Å². The average Bonchev–Trinajstić information content (AvgIpc) is 2.64. The lowest BCUT2D eigenvalue weighted by Gasteiger charge is -2.31. The molecule has 0 aromatic heterocycles. The molecule has 0 aliphatic carbocycles. The highest BCUT2D eigenvalue weighted by Crippen LogP contribution is 2.26. The molecule has 1 aliphatic heterocycles. The van der Waals surface area contributed by atoms with Crippen molar-refractivity contribution in [3.8, 4) is 0 Å². The van der Waals surface area contributed by atoms with E-state index < -0.39 is 6.10 Å². The Morgan fingerprint density at radius 1 is 1.00 bits per heavy atom. The zero-order valence-electron chi connectivity index (χ0n) is 14.5. The summed E-state index contributed by atoms with van der Waals surface area (Å²) in [5.41, 5.74) is 2.16. The maximum atomic E-state index is 10.4. The first kappa shape index (κ1) is 18.1. The minimum Gasteiger partial charge on any atom is -0.392 e. The van der Waals surface area contributed by atoms with E-state index in [4.69, 9.17) is 4.74 Å². The Labute approximate surface area is 149 Å². The molecule has 2 aromatic rings. The largest absolute Gasteiger partial charge is 0.392 e. The van der Waals surface area contributed by atoms with E-state index in [1.54, 1.807) is 0 Å². The fraction of sp³-hybridized carbons (Fsp3) is 0.429. The standard InChI is InChI=1S/C21H27NO3/c23-19-12-7-13-22(14-19)15-20(24)16-25-21(17-8-3-1-4-9-17)18-10-5-2-6-11-18/h1-6,8-11,19-21,23-24H,7,12-16H2. The normalized spacial score (nSPS) is 19.9. The molecule has 4 nitrogen and oxygen atoms in total. The molecule has 4 heteroatoms. The van der Waals surface area contributed by atoms with Crippen LogP contribution in [0.15, 0.2) is 60.7 Å². The van der Waals surface area contributed by atoms with E-state index in [9.17, 15) is 10.2 Å². The fourth-order valence-corrected chi connectivity index (χ4v) is 3.40. The molecule has 1 saturated heterocycles. The molecule has 2 aromatic carbocycles. The predicted molar refractivity (Wildman–Crippen MR) is 98.4 cm³/mol. The molecule has 1 fully saturated rings. The first-order valence-electron chi connectivity index (χ1n) is 9.02. The monoisotopic (exact) mass is 341 g/mol. The van der Waals surface area contributed by atoms with Gasteiger partial charge in [0.1, 0.15) is 6.10 Å². The van der Waals surface area contributed by atoms with Crippen molar-refractivity contribution >= 4 is 0 Å². The zero-order valence-corrected chi connectivity index (χ0v) is 14.5. The number of likely N-dealkylation sites (tertiary alicyclic amines) is 1. The number of ether oxygens (including phenoxy) is 1. The van der Waals surface area contributed by atoms with Crippen LogP contribution >= 0.6 is 0 Å². The molecule has 2 N–H and O–H groups in total. The zero-order chi connectivity index (χ0) is 17.5. The highest BCUT2D eigenvalue weighted by molar-refractivity contribution is 5.29. The van der Waals surface area contributed by atoms with Crippen molar-refractivity contribution in [2.45, 2.75) is 31.2 Å². The Hall–Kier alpha value is -1.72. The molecule has 0 bridgehead atoms. The summed E-state index contributed by atoms with van der Waals surface area (Å²) in [6, 6.07) is 20.2. The highest BCUT2D eigenvalue weighted by atomic mass is 16.5. The quantitative estimate of drug-likeness (QED) is 0.813. The summed E-state index contributed by atoms with van der Waals surface area (Å²) >= 11 is 0. The van der Waals surface area contributed by atoms with E-state index in [0.717, 1.165) is 30.5 Å². The Balaban J connectivity index is 1.61. The van der Waals surface area contributed by atoms with E-state index in [1.165, 1.54) is 0 Å². The Kier molecular flexibility index (Phi) is 6.59. The number of β-amino-alcohol motifs (C(OH)–C–C–N with tert-alkyl or cyclic N) is 2. The Morgan fingerprint density at radius 2 is 1.60 bits per heavy atom. The fourth-order valence-electron chi connectivity index (χ4n) is 3.40. The number of rotatable bonds is 7. The summed E-state index contributed by atoms with van der Waals surface area (Å²) < 4.78 is 6.11. The van der Waals surface area contributed by atoms with Crippen molar-refractivity contribution in [3.05, 3.63) is 71.8 Å². The molecular formula is C21H27NO3. The maximum Gasteiger partial charge on any atom is 0.108 e. The minimum atomic E-state index is -0.569. The van der Waals surface area contributed by atoms with Gasteiger partial charge in [-0.15, -0.1) is 0 Å². The van der Waals surface area contributed by atoms with Gasteiger partial charge in [0.2, 0.25) is 0 Å². The first-order chi connectivity index (χ1) is 12.2. The smallest absolute Gasteiger partial charge is 0.108 e. The third-order valence-corrected chi connectivity index (χ3v) is 4.61. The number of piperidine rings is 1. The molecule has 134 valence electrons.